The van der Waals surface area contributed by atoms with E-state index in [0.29, 0.717) is 6.54 Å². The Kier molecular flexibility index (Phi) is 6.22. The molecule has 2 N–H and O–H groups in total. The molecule has 1 atom stereocenters. The van der Waals surface area contributed by atoms with Gasteiger partial charge in [-0.2, -0.15) is 0 Å². The Bertz CT molecular complexity index is 766. The van der Waals surface area contributed by atoms with Gasteiger partial charge < -0.3 is 5.32 Å². The van der Waals surface area contributed by atoms with Crippen LogP contribution in [0.2, 0.25) is 0 Å². The van der Waals surface area contributed by atoms with E-state index in [1.165, 1.54) is 11.1 Å². The van der Waals surface area contributed by atoms with Gasteiger partial charge in [-0.15, -0.1) is 12.4 Å². The number of hydrogen-bond donors (Lipinski definition) is 2. The van der Waals surface area contributed by atoms with Crippen molar-refractivity contribution in [1.82, 2.24) is 10.0 Å². The van der Waals surface area contributed by atoms with Crippen LogP contribution in [-0.4, -0.2) is 21.5 Å². The molecule has 23 heavy (non-hydrogen) atoms. The fourth-order valence-corrected chi connectivity index (χ4v) is 3.98. The number of fused-ring (bicyclic) bond motifs is 1. The second kappa shape index (κ2) is 7.77. The van der Waals surface area contributed by atoms with Crippen LogP contribution < -0.4 is 10.0 Å². The summed E-state index contributed by atoms with van der Waals surface area (Å²) >= 11 is 3.31. The maximum atomic E-state index is 12.3. The van der Waals surface area contributed by atoms with Gasteiger partial charge in [-0.3, -0.25) is 0 Å². The SMILES string of the molecule is Cl.O=S(=O)(NCC1NCCc2ccccc21)c1ccc(Br)cc1. The van der Waals surface area contributed by atoms with Crippen molar-refractivity contribution >= 4 is 38.4 Å². The molecule has 4 nitrogen and oxygen atoms in total. The van der Waals surface area contributed by atoms with Gasteiger partial charge in [0.05, 0.1) is 4.90 Å². The molecule has 3 rings (SSSR count). The van der Waals surface area contributed by atoms with Gasteiger partial charge in [0, 0.05) is 17.1 Å². The van der Waals surface area contributed by atoms with Crippen LogP contribution in [0.4, 0.5) is 0 Å². The van der Waals surface area contributed by atoms with E-state index in [-0.39, 0.29) is 23.3 Å². The van der Waals surface area contributed by atoms with Crippen molar-refractivity contribution in [2.24, 2.45) is 0 Å². The molecule has 0 aromatic heterocycles. The molecule has 0 bridgehead atoms. The summed E-state index contributed by atoms with van der Waals surface area (Å²) in [5.41, 5.74) is 2.46. The molecule has 124 valence electrons. The van der Waals surface area contributed by atoms with Crippen molar-refractivity contribution in [1.29, 1.82) is 0 Å². The Hall–Kier alpha value is -0.920. The number of nitrogens with one attached hydrogen (secondary N) is 2. The summed E-state index contributed by atoms with van der Waals surface area (Å²) in [4.78, 5) is 0.278. The van der Waals surface area contributed by atoms with Crippen LogP contribution in [0.5, 0.6) is 0 Å². The van der Waals surface area contributed by atoms with E-state index < -0.39 is 10.0 Å². The third-order valence-corrected chi connectivity index (χ3v) is 5.79. The Morgan fingerprint density at radius 1 is 1.13 bits per heavy atom. The van der Waals surface area contributed by atoms with Gasteiger partial charge in [-0.05, 0) is 48.4 Å². The van der Waals surface area contributed by atoms with E-state index in [1.807, 2.05) is 12.1 Å². The molecule has 0 spiro atoms. The molecular weight excluding hydrogens is 400 g/mol. The van der Waals surface area contributed by atoms with Crippen molar-refractivity contribution in [3.05, 3.63) is 64.1 Å². The van der Waals surface area contributed by atoms with Gasteiger partial charge in [0.25, 0.3) is 0 Å². The number of hydrogen-bond acceptors (Lipinski definition) is 3. The zero-order chi connectivity index (χ0) is 15.6. The van der Waals surface area contributed by atoms with Crippen molar-refractivity contribution < 1.29 is 8.42 Å². The number of benzene rings is 2. The van der Waals surface area contributed by atoms with E-state index >= 15 is 0 Å². The van der Waals surface area contributed by atoms with E-state index in [4.69, 9.17) is 0 Å². The highest BCUT2D eigenvalue weighted by Gasteiger charge is 2.22. The average molecular weight is 418 g/mol. The summed E-state index contributed by atoms with van der Waals surface area (Å²) in [5, 5.41) is 3.37. The Labute approximate surface area is 151 Å². The van der Waals surface area contributed by atoms with Crippen molar-refractivity contribution in [2.75, 3.05) is 13.1 Å². The predicted molar refractivity (Wildman–Crippen MR) is 97.5 cm³/mol. The monoisotopic (exact) mass is 416 g/mol. The molecule has 1 aliphatic rings. The molecule has 2 aromatic carbocycles. The van der Waals surface area contributed by atoms with Crippen LogP contribution in [0.3, 0.4) is 0 Å². The summed E-state index contributed by atoms with van der Waals surface area (Å²) in [6, 6.07) is 14.8. The Morgan fingerprint density at radius 2 is 1.83 bits per heavy atom. The summed E-state index contributed by atoms with van der Waals surface area (Å²) in [5.74, 6) is 0. The van der Waals surface area contributed by atoms with Crippen LogP contribution in [0.15, 0.2) is 57.9 Å². The van der Waals surface area contributed by atoms with Gasteiger partial charge in [-0.1, -0.05) is 40.2 Å². The Balaban J connectivity index is 0.00000192. The molecule has 0 saturated carbocycles. The topological polar surface area (TPSA) is 58.2 Å². The quantitative estimate of drug-likeness (QED) is 0.804. The average Bonchev–Trinajstić information content (AvgIpc) is 2.53. The van der Waals surface area contributed by atoms with Crippen LogP contribution in [-0.2, 0) is 16.4 Å². The number of sulfonamides is 1. The van der Waals surface area contributed by atoms with Gasteiger partial charge in [-0.25, -0.2) is 13.1 Å². The molecule has 1 heterocycles. The molecule has 0 radical (unpaired) electrons. The minimum Gasteiger partial charge on any atom is -0.308 e. The van der Waals surface area contributed by atoms with Crippen LogP contribution in [0, 0.1) is 0 Å². The lowest BCUT2D eigenvalue weighted by Crippen LogP contribution is -2.38. The third kappa shape index (κ3) is 4.33. The predicted octanol–water partition coefficient (Wildman–Crippen LogP) is 3.04. The van der Waals surface area contributed by atoms with E-state index in [1.54, 1.807) is 24.3 Å². The fraction of sp³-hybridized carbons (Fsp3) is 0.250. The first kappa shape index (κ1) is 18.4. The molecular formula is C16H18BrClN2O2S. The lowest BCUT2D eigenvalue weighted by molar-refractivity contribution is 0.491. The molecule has 0 aliphatic carbocycles. The molecule has 2 aromatic rings. The maximum absolute atomic E-state index is 12.3. The highest BCUT2D eigenvalue weighted by atomic mass is 79.9. The number of halogens is 2. The first-order chi connectivity index (χ1) is 10.6. The minimum absolute atomic E-state index is 0. The molecule has 0 saturated heterocycles. The summed E-state index contributed by atoms with van der Waals surface area (Å²) in [6.07, 6.45) is 0.978. The van der Waals surface area contributed by atoms with Crippen LogP contribution in [0.25, 0.3) is 0 Å². The normalized spacial score (nSPS) is 17.2. The summed E-state index contributed by atoms with van der Waals surface area (Å²) < 4.78 is 28.2. The summed E-state index contributed by atoms with van der Waals surface area (Å²) in [6.45, 7) is 1.21. The van der Waals surface area contributed by atoms with Gasteiger partial charge in [0.2, 0.25) is 10.0 Å². The smallest absolute Gasteiger partial charge is 0.240 e. The third-order valence-electron chi connectivity index (χ3n) is 3.82. The van der Waals surface area contributed by atoms with Crippen molar-refractivity contribution in [2.45, 2.75) is 17.4 Å². The fourth-order valence-electron chi connectivity index (χ4n) is 2.67. The number of rotatable bonds is 4. The lowest BCUT2D eigenvalue weighted by atomic mass is 9.95. The summed E-state index contributed by atoms with van der Waals surface area (Å²) in [7, 11) is -3.49. The van der Waals surface area contributed by atoms with Gasteiger partial charge in [0.1, 0.15) is 0 Å². The highest BCUT2D eigenvalue weighted by Crippen LogP contribution is 2.22. The first-order valence-electron chi connectivity index (χ1n) is 7.13. The second-order valence-corrected chi connectivity index (χ2v) is 7.94. The van der Waals surface area contributed by atoms with Crippen LogP contribution >= 0.6 is 28.3 Å². The van der Waals surface area contributed by atoms with E-state index in [9.17, 15) is 8.42 Å². The first-order valence-corrected chi connectivity index (χ1v) is 9.40. The second-order valence-electron chi connectivity index (χ2n) is 5.26. The van der Waals surface area contributed by atoms with E-state index in [0.717, 1.165) is 17.4 Å². The minimum atomic E-state index is -3.49. The molecule has 7 heteroatoms. The van der Waals surface area contributed by atoms with Crippen molar-refractivity contribution in [3.8, 4) is 0 Å². The molecule has 0 amide bonds. The zero-order valence-corrected chi connectivity index (χ0v) is 15.5. The molecule has 1 aliphatic heterocycles. The molecule has 1 unspecified atom stereocenters. The standard InChI is InChI=1S/C16H17BrN2O2S.ClH/c17-13-5-7-14(8-6-13)22(20,21)19-11-16-15-4-2-1-3-12(15)9-10-18-16;/h1-8,16,18-19H,9-11H2;1H. The van der Waals surface area contributed by atoms with Gasteiger partial charge in [0.15, 0.2) is 0 Å². The highest BCUT2D eigenvalue weighted by molar-refractivity contribution is 9.10. The van der Waals surface area contributed by atoms with Gasteiger partial charge >= 0.3 is 0 Å². The van der Waals surface area contributed by atoms with E-state index in [2.05, 4.69) is 38.1 Å². The zero-order valence-electron chi connectivity index (χ0n) is 12.3. The molecule has 0 fully saturated rings. The lowest BCUT2D eigenvalue weighted by Gasteiger charge is -2.27. The Morgan fingerprint density at radius 3 is 2.57 bits per heavy atom. The largest absolute Gasteiger partial charge is 0.308 e. The maximum Gasteiger partial charge on any atom is 0.240 e. The van der Waals surface area contributed by atoms with Crippen molar-refractivity contribution in [3.63, 3.8) is 0 Å². The van der Waals surface area contributed by atoms with Crippen LogP contribution in [0.1, 0.15) is 17.2 Å².